The van der Waals surface area contributed by atoms with Crippen molar-refractivity contribution >= 4 is 5.97 Å². The number of ether oxygens (including phenoxy) is 1. The van der Waals surface area contributed by atoms with E-state index < -0.39 is 0 Å². The zero-order chi connectivity index (χ0) is 22.6. The lowest BCUT2D eigenvalue weighted by Crippen LogP contribution is -2.33. The standard InChI is InChI=1S/C29H41NO2/c1-3-5-6-7-8-9-10-11-13-23-14-19-28(30-22-23)25-15-17-27(18-16-25)32-29(31)26-20-24(21-26)12-4-2/h14-19,22,24,26H,3-13,20-21H2,1-2H3. The lowest BCUT2D eigenvalue weighted by atomic mass is 9.73. The molecule has 1 aromatic heterocycles. The van der Waals surface area contributed by atoms with E-state index in [-0.39, 0.29) is 11.9 Å². The van der Waals surface area contributed by atoms with Gasteiger partial charge in [0.05, 0.1) is 11.6 Å². The van der Waals surface area contributed by atoms with Gasteiger partial charge in [-0.15, -0.1) is 0 Å². The number of unbranched alkanes of at least 4 members (excludes halogenated alkanes) is 7. The third-order valence-electron chi connectivity index (χ3n) is 6.78. The fourth-order valence-electron chi connectivity index (χ4n) is 4.67. The van der Waals surface area contributed by atoms with Crippen molar-refractivity contribution in [3.05, 3.63) is 48.2 Å². The van der Waals surface area contributed by atoms with Crippen molar-refractivity contribution in [1.29, 1.82) is 0 Å². The highest BCUT2D eigenvalue weighted by molar-refractivity contribution is 5.76. The fraction of sp³-hybridized carbons (Fsp3) is 0.586. The first-order chi connectivity index (χ1) is 15.7. The van der Waals surface area contributed by atoms with E-state index in [4.69, 9.17) is 4.74 Å². The summed E-state index contributed by atoms with van der Waals surface area (Å²) in [7, 11) is 0. The number of hydrogen-bond acceptors (Lipinski definition) is 3. The summed E-state index contributed by atoms with van der Waals surface area (Å²) in [6.45, 7) is 4.47. The van der Waals surface area contributed by atoms with E-state index in [2.05, 4.69) is 31.0 Å². The van der Waals surface area contributed by atoms with Gasteiger partial charge in [0, 0.05) is 11.8 Å². The maximum absolute atomic E-state index is 12.3. The van der Waals surface area contributed by atoms with Gasteiger partial charge >= 0.3 is 5.97 Å². The van der Waals surface area contributed by atoms with Crippen LogP contribution in [-0.4, -0.2) is 11.0 Å². The van der Waals surface area contributed by atoms with Gasteiger partial charge in [0.15, 0.2) is 0 Å². The topological polar surface area (TPSA) is 39.2 Å². The molecule has 1 fully saturated rings. The van der Waals surface area contributed by atoms with Crippen LogP contribution in [0.5, 0.6) is 5.75 Å². The molecular formula is C29H41NO2. The Bertz CT molecular complexity index is 791. The summed E-state index contributed by atoms with van der Waals surface area (Å²) in [6, 6.07) is 12.0. The van der Waals surface area contributed by atoms with Crippen LogP contribution in [0, 0.1) is 11.8 Å². The van der Waals surface area contributed by atoms with Crippen molar-refractivity contribution in [2.75, 3.05) is 0 Å². The SMILES string of the molecule is CCCCCCCCCCc1ccc(-c2ccc(OC(=O)C3CC(CCC)C3)cc2)nc1. The summed E-state index contributed by atoms with van der Waals surface area (Å²) in [6.07, 6.45) is 18.3. The Kier molecular flexibility index (Phi) is 10.3. The van der Waals surface area contributed by atoms with E-state index >= 15 is 0 Å². The Morgan fingerprint density at radius 2 is 1.56 bits per heavy atom. The van der Waals surface area contributed by atoms with Gasteiger partial charge in [0.2, 0.25) is 0 Å². The van der Waals surface area contributed by atoms with Crippen LogP contribution in [0.1, 0.15) is 96.5 Å². The minimum Gasteiger partial charge on any atom is -0.426 e. The molecule has 3 heteroatoms. The number of nitrogens with zero attached hydrogens (tertiary/aromatic N) is 1. The highest BCUT2D eigenvalue weighted by Crippen LogP contribution is 2.37. The largest absolute Gasteiger partial charge is 0.426 e. The molecule has 174 valence electrons. The highest BCUT2D eigenvalue weighted by atomic mass is 16.5. The van der Waals surface area contributed by atoms with Crippen molar-refractivity contribution in [1.82, 2.24) is 4.98 Å². The number of pyridine rings is 1. The molecule has 1 aromatic carbocycles. The minimum absolute atomic E-state index is 0.0754. The molecule has 3 nitrogen and oxygen atoms in total. The molecule has 3 rings (SSSR count). The van der Waals surface area contributed by atoms with Crippen LogP contribution in [0.25, 0.3) is 11.3 Å². The van der Waals surface area contributed by atoms with Crippen LogP contribution in [-0.2, 0) is 11.2 Å². The van der Waals surface area contributed by atoms with Gasteiger partial charge < -0.3 is 4.74 Å². The number of benzene rings is 1. The number of rotatable bonds is 14. The molecule has 0 aliphatic heterocycles. The molecule has 1 heterocycles. The predicted octanol–water partition coefficient (Wildman–Crippen LogP) is 8.16. The van der Waals surface area contributed by atoms with Crippen LogP contribution in [0.3, 0.4) is 0 Å². The highest BCUT2D eigenvalue weighted by Gasteiger charge is 2.35. The van der Waals surface area contributed by atoms with Gasteiger partial charge in [-0.3, -0.25) is 9.78 Å². The third kappa shape index (κ3) is 7.76. The van der Waals surface area contributed by atoms with E-state index in [0.717, 1.165) is 30.5 Å². The van der Waals surface area contributed by atoms with E-state index in [0.29, 0.717) is 11.7 Å². The van der Waals surface area contributed by atoms with Crippen molar-refractivity contribution < 1.29 is 9.53 Å². The van der Waals surface area contributed by atoms with E-state index in [1.54, 1.807) is 0 Å². The van der Waals surface area contributed by atoms with Gasteiger partial charge in [-0.05, 0) is 67.5 Å². The van der Waals surface area contributed by atoms with E-state index in [1.165, 1.54) is 69.8 Å². The van der Waals surface area contributed by atoms with Crippen molar-refractivity contribution in [2.45, 2.75) is 97.3 Å². The molecular weight excluding hydrogens is 394 g/mol. The van der Waals surface area contributed by atoms with Crippen molar-refractivity contribution in [2.24, 2.45) is 11.8 Å². The molecule has 0 saturated heterocycles. The third-order valence-corrected chi connectivity index (χ3v) is 6.78. The summed E-state index contributed by atoms with van der Waals surface area (Å²) in [5.74, 6) is 1.35. The monoisotopic (exact) mass is 435 g/mol. The zero-order valence-corrected chi connectivity index (χ0v) is 20.2. The van der Waals surface area contributed by atoms with Crippen LogP contribution in [0.2, 0.25) is 0 Å². The first-order valence-electron chi connectivity index (χ1n) is 13.0. The zero-order valence-electron chi connectivity index (χ0n) is 20.2. The Morgan fingerprint density at radius 1 is 0.875 bits per heavy atom. The molecule has 0 N–H and O–H groups in total. The number of carbonyl (C=O) groups excluding carboxylic acids is 1. The molecule has 0 unspecified atom stereocenters. The molecule has 0 amide bonds. The molecule has 2 aromatic rings. The van der Waals surface area contributed by atoms with Crippen LogP contribution in [0.15, 0.2) is 42.6 Å². The summed E-state index contributed by atoms with van der Waals surface area (Å²) in [5.41, 5.74) is 3.33. The van der Waals surface area contributed by atoms with Crippen LogP contribution in [0.4, 0.5) is 0 Å². The van der Waals surface area contributed by atoms with Crippen molar-refractivity contribution in [3.63, 3.8) is 0 Å². The smallest absolute Gasteiger partial charge is 0.314 e. The summed E-state index contributed by atoms with van der Waals surface area (Å²) in [4.78, 5) is 16.9. The maximum Gasteiger partial charge on any atom is 0.314 e. The van der Waals surface area contributed by atoms with Gasteiger partial charge in [0.1, 0.15) is 5.75 Å². The van der Waals surface area contributed by atoms with Crippen LogP contribution >= 0.6 is 0 Å². The average molecular weight is 436 g/mol. The van der Waals surface area contributed by atoms with Gasteiger partial charge in [-0.25, -0.2) is 0 Å². The molecule has 32 heavy (non-hydrogen) atoms. The molecule has 1 aliphatic carbocycles. The van der Waals surface area contributed by atoms with Crippen LogP contribution < -0.4 is 4.74 Å². The average Bonchev–Trinajstić information content (AvgIpc) is 2.78. The predicted molar refractivity (Wildman–Crippen MR) is 133 cm³/mol. The van der Waals surface area contributed by atoms with Gasteiger partial charge in [-0.1, -0.05) is 77.7 Å². The van der Waals surface area contributed by atoms with E-state index in [9.17, 15) is 4.79 Å². The fourth-order valence-corrected chi connectivity index (χ4v) is 4.67. The summed E-state index contributed by atoms with van der Waals surface area (Å²) >= 11 is 0. The summed E-state index contributed by atoms with van der Waals surface area (Å²) in [5, 5.41) is 0. The number of aromatic nitrogens is 1. The molecule has 0 radical (unpaired) electrons. The number of hydrogen-bond donors (Lipinski definition) is 0. The quantitative estimate of drug-likeness (QED) is 0.171. The normalized spacial score (nSPS) is 17.7. The number of carbonyl (C=O) groups is 1. The Morgan fingerprint density at radius 3 is 2.19 bits per heavy atom. The number of aryl methyl sites for hydroxylation is 1. The van der Waals surface area contributed by atoms with Crippen molar-refractivity contribution in [3.8, 4) is 17.0 Å². The Balaban J connectivity index is 1.38. The first kappa shape index (κ1) is 24.5. The van der Waals surface area contributed by atoms with Gasteiger partial charge in [0.25, 0.3) is 0 Å². The van der Waals surface area contributed by atoms with E-state index in [1.807, 2.05) is 30.5 Å². The lowest BCUT2D eigenvalue weighted by Gasteiger charge is -2.33. The number of esters is 1. The molecule has 1 aliphatic rings. The second kappa shape index (κ2) is 13.4. The lowest BCUT2D eigenvalue weighted by molar-refractivity contribution is -0.143. The molecule has 0 atom stereocenters. The van der Waals surface area contributed by atoms with Gasteiger partial charge in [-0.2, -0.15) is 0 Å². The maximum atomic E-state index is 12.3. The minimum atomic E-state index is -0.0754. The second-order valence-corrected chi connectivity index (χ2v) is 9.55. The molecule has 0 bridgehead atoms. The Hall–Kier alpha value is -2.16. The Labute approximate surface area is 195 Å². The molecule has 0 spiro atoms. The molecule has 1 saturated carbocycles. The second-order valence-electron chi connectivity index (χ2n) is 9.55. The summed E-state index contributed by atoms with van der Waals surface area (Å²) < 4.78 is 5.59. The first-order valence-corrected chi connectivity index (χ1v) is 13.0.